The number of nitrogens with one attached hydrogen (secondary N) is 1. The molecule has 1 fully saturated rings. The van der Waals surface area contributed by atoms with Gasteiger partial charge in [-0.25, -0.2) is 0 Å². The van der Waals surface area contributed by atoms with Crippen molar-refractivity contribution in [3.63, 3.8) is 0 Å². The summed E-state index contributed by atoms with van der Waals surface area (Å²) in [5, 5.41) is 4.21. The summed E-state index contributed by atoms with van der Waals surface area (Å²) in [6.07, 6.45) is 9.14. The molecule has 120 valence electrons. The molecule has 1 heterocycles. The van der Waals surface area contributed by atoms with E-state index in [1.807, 2.05) is 35.0 Å². The van der Waals surface area contributed by atoms with Crippen LogP contribution in [0.15, 0.2) is 42.6 Å². The van der Waals surface area contributed by atoms with Gasteiger partial charge in [0.25, 0.3) is 0 Å². The Morgan fingerprint density at radius 3 is 2.96 bits per heavy atom. The van der Waals surface area contributed by atoms with Crippen LogP contribution in [-0.4, -0.2) is 24.1 Å². The zero-order valence-electron chi connectivity index (χ0n) is 13.4. The number of hydrogen-bond acceptors (Lipinski definition) is 2. The summed E-state index contributed by atoms with van der Waals surface area (Å²) in [6, 6.07) is 7.94. The number of rotatable bonds is 5. The first-order valence-corrected chi connectivity index (χ1v) is 8.31. The SMILES string of the molecule is COc1ccc2c(ccn2CC(=O)NC[C@H]2C[C@@H]3C=C[C@@H]2C3)c1. The van der Waals surface area contributed by atoms with E-state index in [0.29, 0.717) is 18.4 Å². The molecule has 0 unspecified atom stereocenters. The number of carbonyl (C=O) groups is 1. The first kappa shape index (κ1) is 14.4. The van der Waals surface area contributed by atoms with E-state index in [9.17, 15) is 4.79 Å². The fourth-order valence-electron chi connectivity index (χ4n) is 4.03. The van der Waals surface area contributed by atoms with Gasteiger partial charge in [-0.15, -0.1) is 0 Å². The molecule has 1 N–H and O–H groups in total. The molecule has 2 aliphatic carbocycles. The van der Waals surface area contributed by atoms with Crippen LogP contribution in [0.1, 0.15) is 12.8 Å². The molecule has 4 nitrogen and oxygen atoms in total. The number of carbonyl (C=O) groups excluding carboxylic acids is 1. The number of aromatic nitrogens is 1. The van der Waals surface area contributed by atoms with Crippen LogP contribution in [-0.2, 0) is 11.3 Å². The number of nitrogens with zero attached hydrogens (tertiary/aromatic N) is 1. The van der Waals surface area contributed by atoms with E-state index in [0.717, 1.165) is 29.1 Å². The van der Waals surface area contributed by atoms with Crippen LogP contribution in [0.25, 0.3) is 10.9 Å². The zero-order chi connectivity index (χ0) is 15.8. The number of allylic oxidation sites excluding steroid dienone is 2. The number of fused-ring (bicyclic) bond motifs is 3. The van der Waals surface area contributed by atoms with Gasteiger partial charge in [0, 0.05) is 23.6 Å². The van der Waals surface area contributed by atoms with Crippen molar-refractivity contribution in [2.75, 3.05) is 13.7 Å². The number of amides is 1. The molecular weight excluding hydrogens is 288 g/mol. The van der Waals surface area contributed by atoms with Crippen molar-refractivity contribution in [3.8, 4) is 5.75 Å². The highest BCUT2D eigenvalue weighted by Gasteiger charge is 2.35. The quantitative estimate of drug-likeness (QED) is 0.863. The lowest BCUT2D eigenvalue weighted by atomic mass is 9.94. The fraction of sp³-hybridized carbons (Fsp3) is 0.421. The molecular formula is C19H22N2O2. The molecule has 23 heavy (non-hydrogen) atoms. The van der Waals surface area contributed by atoms with Gasteiger partial charge in [-0.05, 0) is 54.9 Å². The third kappa shape index (κ3) is 2.74. The van der Waals surface area contributed by atoms with Gasteiger partial charge in [0.1, 0.15) is 12.3 Å². The molecule has 2 aromatic rings. The third-order valence-electron chi connectivity index (χ3n) is 5.27. The smallest absolute Gasteiger partial charge is 0.239 e. The summed E-state index contributed by atoms with van der Waals surface area (Å²) >= 11 is 0. The van der Waals surface area contributed by atoms with Gasteiger partial charge in [-0.3, -0.25) is 4.79 Å². The topological polar surface area (TPSA) is 43.3 Å². The van der Waals surface area contributed by atoms with E-state index < -0.39 is 0 Å². The van der Waals surface area contributed by atoms with Crippen LogP contribution in [0.3, 0.4) is 0 Å². The van der Waals surface area contributed by atoms with Gasteiger partial charge in [-0.1, -0.05) is 12.2 Å². The summed E-state index contributed by atoms with van der Waals surface area (Å²) in [5.74, 6) is 2.99. The first-order chi connectivity index (χ1) is 11.2. The highest BCUT2D eigenvalue weighted by Crippen LogP contribution is 2.42. The molecule has 0 aliphatic heterocycles. The van der Waals surface area contributed by atoms with Gasteiger partial charge in [0.05, 0.1) is 7.11 Å². The van der Waals surface area contributed by atoms with E-state index in [2.05, 4.69) is 17.5 Å². The molecule has 3 atom stereocenters. The average molecular weight is 310 g/mol. The second-order valence-electron chi connectivity index (χ2n) is 6.71. The van der Waals surface area contributed by atoms with Crippen LogP contribution < -0.4 is 10.1 Å². The van der Waals surface area contributed by atoms with Gasteiger partial charge in [-0.2, -0.15) is 0 Å². The molecule has 4 heteroatoms. The Kier molecular flexibility index (Phi) is 3.60. The van der Waals surface area contributed by atoms with Crippen LogP contribution in [0.4, 0.5) is 0 Å². The van der Waals surface area contributed by atoms with E-state index >= 15 is 0 Å². The number of benzene rings is 1. The van der Waals surface area contributed by atoms with Crippen molar-refractivity contribution in [1.29, 1.82) is 0 Å². The van der Waals surface area contributed by atoms with Crippen LogP contribution in [0, 0.1) is 17.8 Å². The Labute approximate surface area is 136 Å². The Morgan fingerprint density at radius 2 is 2.22 bits per heavy atom. The minimum Gasteiger partial charge on any atom is -0.497 e. The molecule has 0 saturated heterocycles. The number of methoxy groups -OCH3 is 1. The number of hydrogen-bond donors (Lipinski definition) is 1. The van der Waals surface area contributed by atoms with Gasteiger partial charge >= 0.3 is 0 Å². The van der Waals surface area contributed by atoms with Gasteiger partial charge in [0.2, 0.25) is 5.91 Å². The van der Waals surface area contributed by atoms with Crippen molar-refractivity contribution in [2.24, 2.45) is 17.8 Å². The highest BCUT2D eigenvalue weighted by atomic mass is 16.5. The third-order valence-corrected chi connectivity index (χ3v) is 5.27. The Hall–Kier alpha value is -2.23. The Morgan fingerprint density at radius 1 is 1.30 bits per heavy atom. The molecule has 2 bridgehead atoms. The standard InChI is InChI=1S/C19H22N2O2/c1-23-17-4-5-18-15(10-17)6-7-21(18)12-19(22)20-11-16-9-13-2-3-14(16)8-13/h2-7,10,13-14,16H,8-9,11-12H2,1H3,(H,20,22)/t13-,14-,16-/m1/s1. The van der Waals surface area contributed by atoms with Crippen molar-refractivity contribution in [1.82, 2.24) is 9.88 Å². The first-order valence-electron chi connectivity index (χ1n) is 8.31. The predicted molar refractivity (Wildman–Crippen MR) is 90.3 cm³/mol. The summed E-state index contributed by atoms with van der Waals surface area (Å²) in [7, 11) is 1.66. The molecule has 4 rings (SSSR count). The van der Waals surface area contributed by atoms with Crippen LogP contribution in [0.2, 0.25) is 0 Å². The second kappa shape index (κ2) is 5.76. The molecule has 1 amide bonds. The second-order valence-corrected chi connectivity index (χ2v) is 6.71. The lowest BCUT2D eigenvalue weighted by molar-refractivity contribution is -0.121. The van der Waals surface area contributed by atoms with E-state index in [-0.39, 0.29) is 5.91 Å². The van der Waals surface area contributed by atoms with E-state index in [1.54, 1.807) is 7.11 Å². The largest absolute Gasteiger partial charge is 0.497 e. The molecule has 1 saturated carbocycles. The van der Waals surface area contributed by atoms with Crippen LogP contribution in [0.5, 0.6) is 5.75 Å². The van der Waals surface area contributed by atoms with Gasteiger partial charge < -0.3 is 14.6 Å². The summed E-state index contributed by atoms with van der Waals surface area (Å²) < 4.78 is 7.23. The van der Waals surface area contributed by atoms with E-state index in [4.69, 9.17) is 4.74 Å². The minimum absolute atomic E-state index is 0.0880. The normalized spacial score (nSPS) is 25.2. The molecule has 1 aromatic heterocycles. The van der Waals surface area contributed by atoms with Crippen molar-refractivity contribution < 1.29 is 9.53 Å². The van der Waals surface area contributed by atoms with Gasteiger partial charge in [0.15, 0.2) is 0 Å². The molecule has 2 aliphatic rings. The molecule has 0 spiro atoms. The zero-order valence-corrected chi connectivity index (χ0v) is 13.4. The predicted octanol–water partition coefficient (Wildman–Crippen LogP) is 2.98. The summed E-state index contributed by atoms with van der Waals surface area (Å²) in [5.41, 5.74) is 1.06. The molecule has 1 aromatic carbocycles. The fourth-order valence-corrected chi connectivity index (χ4v) is 4.03. The maximum absolute atomic E-state index is 12.3. The minimum atomic E-state index is 0.0880. The lowest BCUT2D eigenvalue weighted by Gasteiger charge is -2.18. The maximum atomic E-state index is 12.3. The lowest BCUT2D eigenvalue weighted by Crippen LogP contribution is -2.33. The summed E-state index contributed by atoms with van der Waals surface area (Å²) in [4.78, 5) is 12.3. The Bertz CT molecular complexity index is 762. The van der Waals surface area contributed by atoms with E-state index in [1.165, 1.54) is 12.8 Å². The Balaban J connectivity index is 1.38. The average Bonchev–Trinajstić information content (AvgIpc) is 3.28. The van der Waals surface area contributed by atoms with Crippen LogP contribution >= 0.6 is 0 Å². The van der Waals surface area contributed by atoms with Crippen molar-refractivity contribution >= 4 is 16.8 Å². The highest BCUT2D eigenvalue weighted by molar-refractivity contribution is 5.84. The monoisotopic (exact) mass is 310 g/mol. The summed E-state index contributed by atoms with van der Waals surface area (Å²) in [6.45, 7) is 1.17. The maximum Gasteiger partial charge on any atom is 0.239 e. The number of ether oxygens (including phenoxy) is 1. The van der Waals surface area contributed by atoms with Crippen molar-refractivity contribution in [2.45, 2.75) is 19.4 Å². The van der Waals surface area contributed by atoms with Crippen molar-refractivity contribution in [3.05, 3.63) is 42.6 Å². The molecule has 0 radical (unpaired) electrons.